The average molecular weight is 256 g/mol. The van der Waals surface area contributed by atoms with Crippen LogP contribution in [0.5, 0.6) is 0 Å². The predicted molar refractivity (Wildman–Crippen MR) is 73.3 cm³/mol. The van der Waals surface area contributed by atoms with E-state index in [2.05, 4.69) is 19.2 Å². The van der Waals surface area contributed by atoms with Gasteiger partial charge in [-0.3, -0.25) is 10.1 Å². The van der Waals surface area contributed by atoms with Gasteiger partial charge in [-0.25, -0.2) is 0 Å². The molecule has 0 radical (unpaired) electrons. The molecule has 1 N–H and O–H groups in total. The van der Waals surface area contributed by atoms with Gasteiger partial charge in [0.05, 0.1) is 24.4 Å². The highest BCUT2D eigenvalue weighted by Crippen LogP contribution is 2.25. The molecule has 0 aliphatic carbocycles. The third-order valence-corrected chi connectivity index (χ3v) is 3.65. The molecule has 1 heterocycles. The molecule has 4 nitrogen and oxygen atoms in total. The summed E-state index contributed by atoms with van der Waals surface area (Å²) in [4.78, 5) is 14.4. The summed E-state index contributed by atoms with van der Waals surface area (Å²) in [5, 5.41) is 3.48. The standard InChI is InChI=1S/C14H28N2O2/c1-6-8-12-15-14(5,7-2)13(17)16(12)9-10-18-11(3)4/h11-12,15H,6-10H2,1-5H3. The summed E-state index contributed by atoms with van der Waals surface area (Å²) in [6, 6.07) is 0. The summed E-state index contributed by atoms with van der Waals surface area (Å²) in [5.74, 6) is 0.218. The molecule has 1 amide bonds. The molecular weight excluding hydrogens is 228 g/mol. The quantitative estimate of drug-likeness (QED) is 0.759. The molecule has 1 rings (SSSR count). The maximum absolute atomic E-state index is 12.4. The minimum atomic E-state index is -0.391. The zero-order valence-corrected chi connectivity index (χ0v) is 12.5. The molecule has 0 spiro atoms. The molecule has 0 bridgehead atoms. The van der Waals surface area contributed by atoms with Gasteiger partial charge < -0.3 is 9.64 Å². The van der Waals surface area contributed by atoms with E-state index in [4.69, 9.17) is 4.74 Å². The van der Waals surface area contributed by atoms with Gasteiger partial charge in [0.2, 0.25) is 5.91 Å². The van der Waals surface area contributed by atoms with Gasteiger partial charge in [0, 0.05) is 6.54 Å². The zero-order valence-electron chi connectivity index (χ0n) is 12.5. The van der Waals surface area contributed by atoms with Gasteiger partial charge in [-0.15, -0.1) is 0 Å². The van der Waals surface area contributed by atoms with Gasteiger partial charge in [-0.1, -0.05) is 20.3 Å². The van der Waals surface area contributed by atoms with Gasteiger partial charge in [0.25, 0.3) is 0 Å². The maximum atomic E-state index is 12.4. The second-order valence-corrected chi connectivity index (χ2v) is 5.55. The Kier molecular flexibility index (Phi) is 5.60. The van der Waals surface area contributed by atoms with Gasteiger partial charge in [-0.2, -0.15) is 0 Å². The largest absolute Gasteiger partial charge is 0.377 e. The van der Waals surface area contributed by atoms with E-state index < -0.39 is 5.54 Å². The molecule has 0 aromatic heterocycles. The summed E-state index contributed by atoms with van der Waals surface area (Å²) in [7, 11) is 0. The van der Waals surface area contributed by atoms with Crippen molar-refractivity contribution >= 4 is 5.91 Å². The number of hydrogen-bond donors (Lipinski definition) is 1. The number of hydrogen-bond acceptors (Lipinski definition) is 3. The van der Waals surface area contributed by atoms with Crippen LogP contribution < -0.4 is 5.32 Å². The fourth-order valence-electron chi connectivity index (χ4n) is 2.36. The molecule has 0 aromatic carbocycles. The first-order valence-corrected chi connectivity index (χ1v) is 7.15. The normalized spacial score (nSPS) is 28.4. The van der Waals surface area contributed by atoms with Crippen molar-refractivity contribution in [3.05, 3.63) is 0 Å². The second kappa shape index (κ2) is 6.53. The third-order valence-electron chi connectivity index (χ3n) is 3.65. The highest BCUT2D eigenvalue weighted by atomic mass is 16.5. The summed E-state index contributed by atoms with van der Waals surface area (Å²) < 4.78 is 5.56. The van der Waals surface area contributed by atoms with Crippen LogP contribution in [0.2, 0.25) is 0 Å². The lowest BCUT2D eigenvalue weighted by Gasteiger charge is -2.24. The van der Waals surface area contributed by atoms with Crippen molar-refractivity contribution in [1.82, 2.24) is 10.2 Å². The van der Waals surface area contributed by atoms with E-state index in [1.165, 1.54) is 0 Å². The monoisotopic (exact) mass is 256 g/mol. The van der Waals surface area contributed by atoms with E-state index in [-0.39, 0.29) is 18.2 Å². The van der Waals surface area contributed by atoms with Gasteiger partial charge in [-0.05, 0) is 33.6 Å². The Bertz CT molecular complexity index is 281. The summed E-state index contributed by atoms with van der Waals surface area (Å²) in [6.07, 6.45) is 3.30. The summed E-state index contributed by atoms with van der Waals surface area (Å²) in [5.41, 5.74) is -0.391. The van der Waals surface area contributed by atoms with Crippen LogP contribution in [-0.4, -0.2) is 41.8 Å². The van der Waals surface area contributed by atoms with Crippen LogP contribution in [-0.2, 0) is 9.53 Å². The number of carbonyl (C=O) groups is 1. The van der Waals surface area contributed by atoms with Crippen LogP contribution in [0.4, 0.5) is 0 Å². The first-order chi connectivity index (χ1) is 8.44. The zero-order chi connectivity index (χ0) is 13.8. The van der Waals surface area contributed by atoms with Crippen molar-refractivity contribution in [2.45, 2.75) is 71.7 Å². The Morgan fingerprint density at radius 2 is 2.11 bits per heavy atom. The molecule has 1 aliphatic heterocycles. The van der Waals surface area contributed by atoms with E-state index in [0.717, 1.165) is 19.3 Å². The van der Waals surface area contributed by atoms with Crippen molar-refractivity contribution < 1.29 is 9.53 Å². The van der Waals surface area contributed by atoms with E-state index >= 15 is 0 Å². The molecule has 2 unspecified atom stereocenters. The van der Waals surface area contributed by atoms with Crippen molar-refractivity contribution in [1.29, 1.82) is 0 Å². The van der Waals surface area contributed by atoms with Crippen molar-refractivity contribution in [3.8, 4) is 0 Å². The Morgan fingerprint density at radius 1 is 1.44 bits per heavy atom. The summed E-state index contributed by atoms with van der Waals surface area (Å²) >= 11 is 0. The van der Waals surface area contributed by atoms with Crippen LogP contribution in [0.1, 0.15) is 53.9 Å². The number of amides is 1. The number of carbonyl (C=O) groups excluding carboxylic acids is 1. The molecule has 1 aliphatic rings. The molecule has 1 fully saturated rings. The number of ether oxygens (including phenoxy) is 1. The molecule has 1 saturated heterocycles. The van der Waals surface area contributed by atoms with E-state index in [9.17, 15) is 4.79 Å². The van der Waals surface area contributed by atoms with Crippen LogP contribution in [0.25, 0.3) is 0 Å². The van der Waals surface area contributed by atoms with Crippen molar-refractivity contribution in [3.63, 3.8) is 0 Å². The lowest BCUT2D eigenvalue weighted by Crippen LogP contribution is -2.43. The fourth-order valence-corrected chi connectivity index (χ4v) is 2.36. The Balaban J connectivity index is 2.63. The van der Waals surface area contributed by atoms with Crippen molar-refractivity contribution in [2.75, 3.05) is 13.2 Å². The topological polar surface area (TPSA) is 41.6 Å². The molecule has 106 valence electrons. The molecule has 0 aromatic rings. The average Bonchev–Trinajstić information content (AvgIpc) is 2.54. The van der Waals surface area contributed by atoms with E-state index in [0.29, 0.717) is 13.2 Å². The number of nitrogens with zero attached hydrogens (tertiary/aromatic N) is 1. The van der Waals surface area contributed by atoms with E-state index in [1.54, 1.807) is 0 Å². The maximum Gasteiger partial charge on any atom is 0.243 e. The highest BCUT2D eigenvalue weighted by Gasteiger charge is 2.45. The predicted octanol–water partition coefficient (Wildman–Crippen LogP) is 2.14. The molecule has 2 atom stereocenters. The molecule has 18 heavy (non-hydrogen) atoms. The van der Waals surface area contributed by atoms with Crippen LogP contribution in [0.15, 0.2) is 0 Å². The molecule has 0 saturated carbocycles. The van der Waals surface area contributed by atoms with Crippen molar-refractivity contribution in [2.24, 2.45) is 0 Å². The van der Waals surface area contributed by atoms with Crippen LogP contribution in [0.3, 0.4) is 0 Å². The first kappa shape index (κ1) is 15.4. The lowest BCUT2D eigenvalue weighted by molar-refractivity contribution is -0.133. The van der Waals surface area contributed by atoms with Gasteiger partial charge in [0.1, 0.15) is 0 Å². The summed E-state index contributed by atoms with van der Waals surface area (Å²) in [6.45, 7) is 11.5. The number of rotatable bonds is 7. The van der Waals surface area contributed by atoms with Crippen LogP contribution >= 0.6 is 0 Å². The molecule has 4 heteroatoms. The second-order valence-electron chi connectivity index (χ2n) is 5.55. The minimum absolute atomic E-state index is 0.170. The Hall–Kier alpha value is -0.610. The third kappa shape index (κ3) is 3.45. The fraction of sp³-hybridized carbons (Fsp3) is 0.929. The SMILES string of the molecule is CCCC1NC(C)(CC)C(=O)N1CCOC(C)C. The van der Waals surface area contributed by atoms with E-state index in [1.807, 2.05) is 25.7 Å². The number of nitrogens with one attached hydrogen (secondary N) is 1. The van der Waals surface area contributed by atoms with Gasteiger partial charge >= 0.3 is 0 Å². The Morgan fingerprint density at radius 3 is 2.61 bits per heavy atom. The van der Waals surface area contributed by atoms with Crippen LogP contribution in [0, 0.1) is 0 Å². The molecular formula is C14H28N2O2. The lowest BCUT2D eigenvalue weighted by atomic mass is 9.99. The first-order valence-electron chi connectivity index (χ1n) is 7.15. The highest BCUT2D eigenvalue weighted by molar-refractivity contribution is 5.88. The smallest absolute Gasteiger partial charge is 0.243 e. The Labute approximate surface area is 111 Å². The van der Waals surface area contributed by atoms with Gasteiger partial charge in [0.15, 0.2) is 0 Å². The minimum Gasteiger partial charge on any atom is -0.377 e.